The van der Waals surface area contributed by atoms with E-state index in [0.29, 0.717) is 6.54 Å². The molecule has 16 heavy (non-hydrogen) atoms. The first-order chi connectivity index (χ1) is 7.65. The number of carbonyl (C=O) groups is 1. The summed E-state index contributed by atoms with van der Waals surface area (Å²) in [5.74, 6) is 0.0328. The molecule has 1 amide bonds. The maximum atomic E-state index is 12.0. The van der Waals surface area contributed by atoms with Crippen LogP contribution >= 0.6 is 11.3 Å². The van der Waals surface area contributed by atoms with Crippen molar-refractivity contribution in [1.82, 2.24) is 5.32 Å². The number of amides is 1. The zero-order valence-corrected chi connectivity index (χ0v) is 10.4. The van der Waals surface area contributed by atoms with Gasteiger partial charge in [0.05, 0.1) is 10.4 Å². The van der Waals surface area contributed by atoms with Crippen LogP contribution in [0.3, 0.4) is 0 Å². The molecule has 3 nitrogen and oxygen atoms in total. The zero-order valence-electron chi connectivity index (χ0n) is 9.58. The second kappa shape index (κ2) is 4.55. The molecule has 0 aliphatic heterocycles. The number of rotatable bonds is 3. The number of hydrogen-bond donors (Lipinski definition) is 2. The summed E-state index contributed by atoms with van der Waals surface area (Å²) in [5.41, 5.74) is 5.65. The maximum Gasteiger partial charge on any atom is 0.261 e. The third-order valence-corrected chi connectivity index (χ3v) is 4.29. The number of nitrogens with two attached hydrogens (primary N) is 1. The fraction of sp³-hybridized carbons (Fsp3) is 0.583. The van der Waals surface area contributed by atoms with E-state index in [2.05, 4.69) is 5.32 Å². The van der Waals surface area contributed by atoms with Gasteiger partial charge in [-0.05, 0) is 31.9 Å². The fourth-order valence-electron chi connectivity index (χ4n) is 2.29. The third-order valence-electron chi connectivity index (χ3n) is 3.29. The number of carbonyl (C=O) groups excluding carboxylic acids is 1. The third kappa shape index (κ3) is 2.28. The number of thiophene rings is 1. The summed E-state index contributed by atoms with van der Waals surface area (Å²) >= 11 is 1.54. The van der Waals surface area contributed by atoms with Crippen molar-refractivity contribution in [1.29, 1.82) is 0 Å². The van der Waals surface area contributed by atoms with Crippen molar-refractivity contribution in [2.24, 2.45) is 5.73 Å². The predicted octanol–water partition coefficient (Wildman–Crippen LogP) is 2.06. The summed E-state index contributed by atoms with van der Waals surface area (Å²) in [6.07, 6.45) is 4.36. The Morgan fingerprint density at radius 2 is 2.19 bits per heavy atom. The molecule has 0 aromatic carbocycles. The Labute approximate surface area is 100 Å². The highest BCUT2D eigenvalue weighted by molar-refractivity contribution is 7.13. The minimum Gasteiger partial charge on any atom is -0.345 e. The Kier molecular flexibility index (Phi) is 3.30. The normalized spacial score (nSPS) is 18.6. The molecule has 1 aliphatic rings. The highest BCUT2D eigenvalue weighted by atomic mass is 32.1. The quantitative estimate of drug-likeness (QED) is 0.847. The van der Waals surface area contributed by atoms with Gasteiger partial charge in [-0.15, -0.1) is 11.3 Å². The van der Waals surface area contributed by atoms with E-state index in [-0.39, 0.29) is 11.4 Å². The lowest BCUT2D eigenvalue weighted by Gasteiger charge is -2.28. The van der Waals surface area contributed by atoms with Crippen molar-refractivity contribution < 1.29 is 4.79 Å². The van der Waals surface area contributed by atoms with Gasteiger partial charge in [0, 0.05) is 11.4 Å². The Bertz CT molecular complexity index is 380. The molecule has 0 bridgehead atoms. The minimum atomic E-state index is -0.144. The van der Waals surface area contributed by atoms with Crippen LogP contribution in [0.2, 0.25) is 0 Å². The first kappa shape index (κ1) is 11.6. The van der Waals surface area contributed by atoms with Crippen molar-refractivity contribution in [3.63, 3.8) is 0 Å². The summed E-state index contributed by atoms with van der Waals surface area (Å²) < 4.78 is 0. The molecule has 88 valence electrons. The summed E-state index contributed by atoms with van der Waals surface area (Å²) in [6.45, 7) is 2.55. The lowest BCUT2D eigenvalue weighted by Crippen LogP contribution is -2.51. The Morgan fingerprint density at radius 1 is 1.50 bits per heavy atom. The largest absolute Gasteiger partial charge is 0.345 e. The van der Waals surface area contributed by atoms with Crippen LogP contribution in [0.15, 0.2) is 12.1 Å². The first-order valence-electron chi connectivity index (χ1n) is 5.74. The van der Waals surface area contributed by atoms with Gasteiger partial charge in [-0.1, -0.05) is 12.8 Å². The maximum absolute atomic E-state index is 12.0. The molecule has 4 heteroatoms. The highest BCUT2D eigenvalue weighted by Crippen LogP contribution is 2.29. The lowest BCUT2D eigenvalue weighted by atomic mass is 9.98. The topological polar surface area (TPSA) is 55.1 Å². The van der Waals surface area contributed by atoms with Crippen LogP contribution in [0.5, 0.6) is 0 Å². The number of aryl methyl sites for hydroxylation is 1. The zero-order chi connectivity index (χ0) is 11.6. The summed E-state index contributed by atoms with van der Waals surface area (Å²) in [5, 5.41) is 3.12. The molecule has 3 N–H and O–H groups in total. The van der Waals surface area contributed by atoms with Crippen LogP contribution in [0.4, 0.5) is 0 Å². The van der Waals surface area contributed by atoms with E-state index in [0.717, 1.165) is 17.7 Å². The standard InChI is InChI=1S/C12H18N2OS/c1-9-4-5-10(16-9)11(15)14-12(8-13)6-2-3-7-12/h4-5H,2-3,6-8,13H2,1H3,(H,14,15). The van der Waals surface area contributed by atoms with Gasteiger partial charge in [-0.25, -0.2) is 0 Å². The van der Waals surface area contributed by atoms with E-state index >= 15 is 0 Å². The second-order valence-corrected chi connectivity index (χ2v) is 5.84. The monoisotopic (exact) mass is 238 g/mol. The van der Waals surface area contributed by atoms with E-state index in [9.17, 15) is 4.79 Å². The predicted molar refractivity (Wildman–Crippen MR) is 66.8 cm³/mol. The lowest BCUT2D eigenvalue weighted by molar-refractivity contribution is 0.0907. The van der Waals surface area contributed by atoms with E-state index in [4.69, 9.17) is 5.73 Å². The Morgan fingerprint density at radius 3 is 2.69 bits per heavy atom. The molecule has 0 unspecified atom stereocenters. The Balaban J connectivity index is 2.06. The van der Waals surface area contributed by atoms with Crippen LogP contribution < -0.4 is 11.1 Å². The van der Waals surface area contributed by atoms with Crippen molar-refractivity contribution in [2.75, 3.05) is 6.54 Å². The molecule has 1 saturated carbocycles. The van der Waals surface area contributed by atoms with Crippen LogP contribution in [-0.4, -0.2) is 18.0 Å². The van der Waals surface area contributed by atoms with Crippen LogP contribution in [0.1, 0.15) is 40.2 Å². The molecule has 0 atom stereocenters. The van der Waals surface area contributed by atoms with E-state index < -0.39 is 0 Å². The summed E-state index contributed by atoms with van der Waals surface area (Å²) in [7, 11) is 0. The van der Waals surface area contributed by atoms with Gasteiger partial charge in [-0.3, -0.25) is 4.79 Å². The molecule has 0 radical (unpaired) electrons. The van der Waals surface area contributed by atoms with Gasteiger partial charge in [0.1, 0.15) is 0 Å². The Hall–Kier alpha value is -0.870. The van der Waals surface area contributed by atoms with Crippen LogP contribution in [-0.2, 0) is 0 Å². The smallest absolute Gasteiger partial charge is 0.261 e. The molecule has 0 saturated heterocycles. The van der Waals surface area contributed by atoms with Crippen LogP contribution in [0.25, 0.3) is 0 Å². The summed E-state index contributed by atoms with van der Waals surface area (Å²) in [6, 6.07) is 3.86. The van der Waals surface area contributed by atoms with Gasteiger partial charge in [0.2, 0.25) is 0 Å². The summed E-state index contributed by atoms with van der Waals surface area (Å²) in [4.78, 5) is 14.0. The number of hydrogen-bond acceptors (Lipinski definition) is 3. The molecule has 1 aromatic heterocycles. The van der Waals surface area contributed by atoms with Crippen molar-refractivity contribution >= 4 is 17.2 Å². The van der Waals surface area contributed by atoms with Crippen molar-refractivity contribution in [3.8, 4) is 0 Å². The van der Waals surface area contributed by atoms with Crippen molar-refractivity contribution in [3.05, 3.63) is 21.9 Å². The minimum absolute atomic E-state index is 0.0328. The SMILES string of the molecule is Cc1ccc(C(=O)NC2(CN)CCCC2)s1. The van der Waals surface area contributed by atoms with E-state index in [1.807, 2.05) is 19.1 Å². The fourth-order valence-corrected chi connectivity index (χ4v) is 3.05. The van der Waals surface area contributed by atoms with Crippen LogP contribution in [0, 0.1) is 6.92 Å². The first-order valence-corrected chi connectivity index (χ1v) is 6.56. The van der Waals surface area contributed by atoms with Gasteiger partial charge in [-0.2, -0.15) is 0 Å². The average molecular weight is 238 g/mol. The molecule has 1 aliphatic carbocycles. The average Bonchev–Trinajstić information content (AvgIpc) is 2.88. The molecule has 1 heterocycles. The molecule has 0 spiro atoms. The molecule has 2 rings (SSSR count). The molecule has 1 fully saturated rings. The molecular weight excluding hydrogens is 220 g/mol. The number of nitrogens with one attached hydrogen (secondary N) is 1. The van der Waals surface area contributed by atoms with E-state index in [1.165, 1.54) is 29.1 Å². The van der Waals surface area contributed by atoms with Crippen molar-refractivity contribution in [2.45, 2.75) is 38.1 Å². The van der Waals surface area contributed by atoms with E-state index in [1.54, 1.807) is 0 Å². The van der Waals surface area contributed by atoms with Gasteiger partial charge in [0.25, 0.3) is 5.91 Å². The van der Waals surface area contributed by atoms with Gasteiger partial charge in [0.15, 0.2) is 0 Å². The van der Waals surface area contributed by atoms with Gasteiger partial charge < -0.3 is 11.1 Å². The molecular formula is C12H18N2OS. The van der Waals surface area contributed by atoms with Gasteiger partial charge >= 0.3 is 0 Å². The molecule has 1 aromatic rings. The highest BCUT2D eigenvalue weighted by Gasteiger charge is 2.34. The second-order valence-electron chi connectivity index (χ2n) is 4.56.